The van der Waals surface area contributed by atoms with Gasteiger partial charge in [0.1, 0.15) is 6.61 Å². The van der Waals surface area contributed by atoms with Crippen molar-refractivity contribution in [2.45, 2.75) is 19.4 Å². The molecule has 1 aliphatic rings. The lowest BCUT2D eigenvalue weighted by Gasteiger charge is -2.15. The fourth-order valence-electron chi connectivity index (χ4n) is 1.92. The second-order valence-corrected chi connectivity index (χ2v) is 4.49. The van der Waals surface area contributed by atoms with Gasteiger partial charge < -0.3 is 14.4 Å². The quantitative estimate of drug-likeness (QED) is 0.856. The van der Waals surface area contributed by atoms with E-state index in [2.05, 4.69) is 5.32 Å². The second-order valence-electron chi connectivity index (χ2n) is 4.49. The summed E-state index contributed by atoms with van der Waals surface area (Å²) in [5.41, 5.74) is 0.900. The maximum atomic E-state index is 11.5. The minimum absolute atomic E-state index is 0.178. The zero-order valence-corrected chi connectivity index (χ0v) is 11.2. The summed E-state index contributed by atoms with van der Waals surface area (Å²) >= 11 is 0. The van der Waals surface area contributed by atoms with Gasteiger partial charge in [-0.15, -0.1) is 0 Å². The van der Waals surface area contributed by atoms with E-state index in [-0.39, 0.29) is 13.3 Å². The number of likely N-dealkylation sites (tertiary alicyclic amines) is 1. The van der Waals surface area contributed by atoms with Gasteiger partial charge in [-0.3, -0.25) is 5.32 Å². The smallest absolute Gasteiger partial charge is 0.411 e. The van der Waals surface area contributed by atoms with E-state index in [9.17, 15) is 9.59 Å². The molecule has 0 aliphatic carbocycles. The Kier molecular flexibility index (Phi) is 5.23. The van der Waals surface area contributed by atoms with E-state index >= 15 is 0 Å². The molecule has 108 valence electrons. The number of rotatable bonds is 4. The third-order valence-electron chi connectivity index (χ3n) is 2.99. The second kappa shape index (κ2) is 7.37. The molecular formula is C14H18N2O4. The Balaban J connectivity index is 1.59. The molecule has 1 N–H and O–H groups in total. The number of nitrogens with one attached hydrogen (secondary N) is 1. The van der Waals surface area contributed by atoms with Crippen molar-refractivity contribution in [2.75, 3.05) is 19.8 Å². The van der Waals surface area contributed by atoms with E-state index < -0.39 is 12.2 Å². The normalized spacial score (nSPS) is 13.9. The lowest BCUT2D eigenvalue weighted by molar-refractivity contribution is 0.0919. The Hall–Kier alpha value is -2.24. The van der Waals surface area contributed by atoms with Crippen LogP contribution in [0.25, 0.3) is 0 Å². The summed E-state index contributed by atoms with van der Waals surface area (Å²) in [4.78, 5) is 24.5. The van der Waals surface area contributed by atoms with Gasteiger partial charge in [-0.05, 0) is 18.4 Å². The summed E-state index contributed by atoms with van der Waals surface area (Å²) in [6.45, 7) is 1.45. The fraction of sp³-hybridized carbons (Fsp3) is 0.429. The van der Waals surface area contributed by atoms with Gasteiger partial charge in [0, 0.05) is 13.1 Å². The lowest BCUT2D eigenvalue weighted by Crippen LogP contribution is -2.34. The van der Waals surface area contributed by atoms with Gasteiger partial charge >= 0.3 is 12.2 Å². The molecule has 0 radical (unpaired) electrons. The Morgan fingerprint density at radius 1 is 1.10 bits per heavy atom. The van der Waals surface area contributed by atoms with Gasteiger partial charge in [-0.1, -0.05) is 30.3 Å². The minimum atomic E-state index is -0.608. The van der Waals surface area contributed by atoms with Gasteiger partial charge in [0.2, 0.25) is 0 Å². The van der Waals surface area contributed by atoms with Gasteiger partial charge in [0.05, 0.1) is 0 Å². The molecule has 0 spiro atoms. The predicted octanol–water partition coefficient (Wildman–Crippen LogP) is 2.10. The molecule has 1 fully saturated rings. The molecule has 0 unspecified atom stereocenters. The van der Waals surface area contributed by atoms with Crippen molar-refractivity contribution in [2.24, 2.45) is 0 Å². The monoisotopic (exact) mass is 278 g/mol. The number of carbonyl (C=O) groups is 2. The van der Waals surface area contributed by atoms with E-state index in [1.807, 2.05) is 30.3 Å². The third-order valence-corrected chi connectivity index (χ3v) is 2.99. The van der Waals surface area contributed by atoms with Gasteiger partial charge in [0.15, 0.2) is 6.73 Å². The van der Waals surface area contributed by atoms with E-state index in [0.717, 1.165) is 31.5 Å². The zero-order valence-electron chi connectivity index (χ0n) is 11.2. The number of ether oxygens (including phenoxy) is 2. The molecule has 6 nitrogen and oxygen atoms in total. The average molecular weight is 278 g/mol. The molecule has 0 saturated carbocycles. The van der Waals surface area contributed by atoms with Gasteiger partial charge in [-0.2, -0.15) is 0 Å². The van der Waals surface area contributed by atoms with Crippen LogP contribution in [-0.2, 0) is 16.1 Å². The summed E-state index contributed by atoms with van der Waals surface area (Å²) < 4.78 is 9.90. The predicted molar refractivity (Wildman–Crippen MR) is 71.9 cm³/mol. The van der Waals surface area contributed by atoms with Crippen LogP contribution in [0, 0.1) is 0 Å². The Bertz CT molecular complexity index is 444. The van der Waals surface area contributed by atoms with E-state index in [1.54, 1.807) is 4.90 Å². The average Bonchev–Trinajstić information content (AvgIpc) is 3.00. The Morgan fingerprint density at radius 3 is 2.50 bits per heavy atom. The van der Waals surface area contributed by atoms with Crippen LogP contribution in [0.4, 0.5) is 9.59 Å². The molecule has 2 rings (SSSR count). The van der Waals surface area contributed by atoms with Crippen molar-refractivity contribution in [1.29, 1.82) is 0 Å². The van der Waals surface area contributed by atoms with Crippen LogP contribution < -0.4 is 5.32 Å². The van der Waals surface area contributed by atoms with E-state index in [0.29, 0.717) is 0 Å². The molecule has 6 heteroatoms. The van der Waals surface area contributed by atoms with E-state index in [1.165, 1.54) is 0 Å². The van der Waals surface area contributed by atoms with Crippen molar-refractivity contribution >= 4 is 12.2 Å². The molecule has 0 aromatic heterocycles. The highest BCUT2D eigenvalue weighted by Gasteiger charge is 2.19. The van der Waals surface area contributed by atoms with Gasteiger partial charge in [-0.25, -0.2) is 9.59 Å². The lowest BCUT2D eigenvalue weighted by atomic mass is 10.2. The molecule has 1 heterocycles. The largest absolute Gasteiger partial charge is 0.445 e. The van der Waals surface area contributed by atoms with Crippen LogP contribution in [0.5, 0.6) is 0 Å². The molecule has 1 aliphatic heterocycles. The number of nitrogens with zero attached hydrogens (tertiary/aromatic N) is 1. The molecule has 1 saturated heterocycles. The fourth-order valence-corrected chi connectivity index (χ4v) is 1.92. The summed E-state index contributed by atoms with van der Waals surface area (Å²) in [5, 5.41) is 2.38. The number of hydrogen-bond acceptors (Lipinski definition) is 4. The standard InChI is InChI=1S/C14H18N2O4/c17-13(19-10-12-6-2-1-3-7-12)15-11-20-14(18)16-8-4-5-9-16/h1-3,6-7H,4-5,8-11H2,(H,15,17). The van der Waals surface area contributed by atoms with Crippen molar-refractivity contribution < 1.29 is 19.1 Å². The summed E-state index contributed by atoms with van der Waals surface area (Å²) in [5.74, 6) is 0. The first-order valence-electron chi connectivity index (χ1n) is 6.62. The summed E-state index contributed by atoms with van der Waals surface area (Å²) in [7, 11) is 0. The molecule has 1 aromatic rings. The highest BCUT2D eigenvalue weighted by Crippen LogP contribution is 2.08. The first-order chi connectivity index (χ1) is 9.75. The van der Waals surface area contributed by atoms with Crippen LogP contribution in [-0.4, -0.2) is 36.9 Å². The number of amides is 2. The molecule has 1 aromatic carbocycles. The Morgan fingerprint density at radius 2 is 1.80 bits per heavy atom. The number of alkyl carbamates (subject to hydrolysis) is 1. The maximum Gasteiger partial charge on any atom is 0.411 e. The zero-order chi connectivity index (χ0) is 14.2. The molecule has 20 heavy (non-hydrogen) atoms. The highest BCUT2D eigenvalue weighted by atomic mass is 16.6. The first kappa shape index (κ1) is 14.2. The molecule has 2 amide bonds. The molecular weight excluding hydrogens is 260 g/mol. The topological polar surface area (TPSA) is 67.9 Å². The van der Waals surface area contributed by atoms with Crippen LogP contribution in [0.3, 0.4) is 0 Å². The van der Waals surface area contributed by atoms with Crippen LogP contribution in [0.15, 0.2) is 30.3 Å². The minimum Gasteiger partial charge on any atom is -0.445 e. The van der Waals surface area contributed by atoms with Crippen molar-refractivity contribution in [3.8, 4) is 0 Å². The highest BCUT2D eigenvalue weighted by molar-refractivity contribution is 5.69. The van der Waals surface area contributed by atoms with Crippen LogP contribution in [0.2, 0.25) is 0 Å². The molecule has 0 atom stereocenters. The van der Waals surface area contributed by atoms with Crippen LogP contribution in [0.1, 0.15) is 18.4 Å². The first-order valence-corrected chi connectivity index (χ1v) is 6.62. The number of benzene rings is 1. The molecule has 0 bridgehead atoms. The van der Waals surface area contributed by atoms with Crippen molar-refractivity contribution in [3.05, 3.63) is 35.9 Å². The van der Waals surface area contributed by atoms with Crippen LogP contribution >= 0.6 is 0 Å². The SMILES string of the molecule is O=C(NCOC(=O)N1CCCC1)OCc1ccccc1. The van der Waals surface area contributed by atoms with E-state index in [4.69, 9.17) is 9.47 Å². The van der Waals surface area contributed by atoms with Crippen molar-refractivity contribution in [3.63, 3.8) is 0 Å². The number of hydrogen-bond donors (Lipinski definition) is 1. The third kappa shape index (κ3) is 4.46. The summed E-state index contributed by atoms with van der Waals surface area (Å²) in [6.07, 6.45) is 0.998. The van der Waals surface area contributed by atoms with Gasteiger partial charge in [0.25, 0.3) is 0 Å². The Labute approximate surface area is 117 Å². The summed E-state index contributed by atoms with van der Waals surface area (Å²) in [6, 6.07) is 9.35. The maximum absolute atomic E-state index is 11.5. The van der Waals surface area contributed by atoms with Crippen molar-refractivity contribution in [1.82, 2.24) is 10.2 Å². The number of carbonyl (C=O) groups excluding carboxylic acids is 2.